The van der Waals surface area contributed by atoms with Crippen LogP contribution in [0.25, 0.3) is 21.9 Å². The lowest BCUT2D eigenvalue weighted by Crippen LogP contribution is -2.31. The highest BCUT2D eigenvalue weighted by Gasteiger charge is 2.22. The van der Waals surface area contributed by atoms with Crippen molar-refractivity contribution in [3.63, 3.8) is 0 Å². The highest BCUT2D eigenvalue weighted by atomic mass is 79.9. The van der Waals surface area contributed by atoms with Crippen LogP contribution in [-0.4, -0.2) is 33.6 Å². The largest absolute Gasteiger partial charge is 0.493 e. The number of hydrogen-bond donors (Lipinski definition) is 1. The van der Waals surface area contributed by atoms with Crippen LogP contribution in [0.3, 0.4) is 0 Å². The molecule has 46 heavy (non-hydrogen) atoms. The zero-order valence-corrected chi connectivity index (χ0v) is 27.6. The van der Waals surface area contributed by atoms with Crippen LogP contribution in [0.5, 0.6) is 5.75 Å². The first-order chi connectivity index (χ1) is 22.3. The molecular weight excluding hydrogens is 664 g/mol. The number of nitrogens with one attached hydrogen (secondary N) is 1. The molecule has 234 valence electrons. The molecule has 6 aromatic rings. The van der Waals surface area contributed by atoms with Crippen molar-refractivity contribution in [3.05, 3.63) is 142 Å². The smallest absolute Gasteiger partial charge is 0.232 e. The SMILES string of the molecule is CS(=O)(=O)N(Cc1ccccc1)c1cc(C(=O)CNC(CCOc2ccc3c(c2)oc2ccccc23)c2ccccc2)ccc1Br. The summed E-state index contributed by atoms with van der Waals surface area (Å²) in [4.78, 5) is 13.5. The zero-order chi connectivity index (χ0) is 32.1. The number of rotatable bonds is 13. The molecule has 9 heteroatoms. The van der Waals surface area contributed by atoms with Gasteiger partial charge in [0.2, 0.25) is 10.0 Å². The first-order valence-corrected chi connectivity index (χ1v) is 17.6. The molecule has 0 fully saturated rings. The van der Waals surface area contributed by atoms with Gasteiger partial charge in [-0.05, 0) is 57.4 Å². The Kier molecular flexibility index (Phi) is 9.53. The molecule has 1 heterocycles. The number of Topliss-reactive ketones (excluding diaryl/α,β-unsaturated/α-hetero) is 1. The summed E-state index contributed by atoms with van der Waals surface area (Å²) in [6, 6.07) is 38.0. The van der Waals surface area contributed by atoms with E-state index in [1.165, 1.54) is 10.6 Å². The zero-order valence-electron chi connectivity index (χ0n) is 25.2. The monoisotopic (exact) mass is 696 g/mol. The number of sulfonamides is 1. The fraction of sp³-hybridized carbons (Fsp3) is 0.162. The van der Waals surface area contributed by atoms with Gasteiger partial charge in [-0.3, -0.25) is 9.10 Å². The van der Waals surface area contributed by atoms with Gasteiger partial charge in [0.25, 0.3) is 0 Å². The molecule has 1 aromatic heterocycles. The average Bonchev–Trinajstić information content (AvgIpc) is 3.44. The van der Waals surface area contributed by atoms with Crippen LogP contribution in [0.15, 0.2) is 130 Å². The number of hydrogen-bond acceptors (Lipinski definition) is 6. The standard InChI is InChI=1S/C37H33BrN2O5S/c1-46(42,43)40(25-26-10-4-2-5-11-26)34-22-28(16-19-32(34)38)35(41)24-39-33(27-12-6-3-7-13-27)20-21-44-29-17-18-31-30-14-8-9-15-36(30)45-37(31)23-29/h2-19,22-23,33,39H,20-21,24-25H2,1H3. The summed E-state index contributed by atoms with van der Waals surface area (Å²) in [7, 11) is -3.64. The number of carbonyl (C=O) groups excluding carboxylic acids is 1. The lowest BCUT2D eigenvalue weighted by atomic mass is 10.0. The molecular formula is C37H33BrN2O5S. The third-order valence-electron chi connectivity index (χ3n) is 7.84. The highest BCUT2D eigenvalue weighted by molar-refractivity contribution is 9.10. The molecule has 1 unspecified atom stereocenters. The number of nitrogens with zero attached hydrogens (tertiary/aromatic N) is 1. The molecule has 0 aliphatic heterocycles. The van der Waals surface area contributed by atoms with Gasteiger partial charge >= 0.3 is 0 Å². The van der Waals surface area contributed by atoms with Gasteiger partial charge in [-0.1, -0.05) is 84.9 Å². The Balaban J connectivity index is 1.15. The Morgan fingerprint density at radius 3 is 2.30 bits per heavy atom. The third-order valence-corrected chi connectivity index (χ3v) is 9.64. The number of halogens is 1. The lowest BCUT2D eigenvalue weighted by Gasteiger charge is -2.24. The van der Waals surface area contributed by atoms with Gasteiger partial charge in [0, 0.05) is 39.3 Å². The van der Waals surface area contributed by atoms with Crippen molar-refractivity contribution in [1.82, 2.24) is 5.32 Å². The number of para-hydroxylation sites is 1. The molecule has 1 N–H and O–H groups in total. The van der Waals surface area contributed by atoms with Gasteiger partial charge in [0.15, 0.2) is 5.78 Å². The maximum Gasteiger partial charge on any atom is 0.232 e. The van der Waals surface area contributed by atoms with Gasteiger partial charge in [0.05, 0.1) is 31.6 Å². The Morgan fingerprint density at radius 2 is 1.54 bits per heavy atom. The Morgan fingerprint density at radius 1 is 0.848 bits per heavy atom. The molecule has 0 aliphatic rings. The maximum atomic E-state index is 13.5. The second-order valence-corrected chi connectivity index (χ2v) is 13.8. The Labute approximate surface area is 277 Å². The Bertz CT molecular complexity index is 2080. The normalized spacial score (nSPS) is 12.3. The molecule has 0 bridgehead atoms. The fourth-order valence-corrected chi connectivity index (χ4v) is 6.96. The van der Waals surface area contributed by atoms with Crippen molar-refractivity contribution in [3.8, 4) is 5.75 Å². The maximum absolute atomic E-state index is 13.5. The van der Waals surface area contributed by atoms with Crippen molar-refractivity contribution in [2.75, 3.05) is 23.7 Å². The summed E-state index contributed by atoms with van der Waals surface area (Å²) >= 11 is 3.50. The first kappa shape index (κ1) is 31.5. The molecule has 6 rings (SSSR count). The summed E-state index contributed by atoms with van der Waals surface area (Å²) in [5.41, 5.74) is 4.30. The molecule has 0 saturated heterocycles. The van der Waals surface area contributed by atoms with Crippen LogP contribution in [-0.2, 0) is 16.6 Å². The minimum Gasteiger partial charge on any atom is -0.493 e. The van der Waals surface area contributed by atoms with E-state index in [-0.39, 0.29) is 24.9 Å². The average molecular weight is 698 g/mol. The summed E-state index contributed by atoms with van der Waals surface area (Å²) < 4.78 is 39.7. The minimum absolute atomic E-state index is 0.0587. The van der Waals surface area contributed by atoms with Crippen LogP contribution in [0.4, 0.5) is 5.69 Å². The second-order valence-electron chi connectivity index (χ2n) is 11.1. The summed E-state index contributed by atoms with van der Waals surface area (Å²) in [6.07, 6.45) is 1.78. The van der Waals surface area contributed by atoms with E-state index in [0.29, 0.717) is 34.5 Å². The molecule has 0 amide bonds. The number of ether oxygens (including phenoxy) is 1. The second kappa shape index (κ2) is 13.9. The van der Waals surface area contributed by atoms with Crippen molar-refractivity contribution >= 4 is 59.4 Å². The number of fused-ring (bicyclic) bond motifs is 3. The molecule has 0 aliphatic carbocycles. The van der Waals surface area contributed by atoms with Crippen LogP contribution in [0, 0.1) is 0 Å². The van der Waals surface area contributed by atoms with Crippen molar-refractivity contribution in [2.45, 2.75) is 19.0 Å². The predicted octanol–water partition coefficient (Wildman–Crippen LogP) is 8.30. The number of benzene rings is 5. The van der Waals surface area contributed by atoms with E-state index in [1.807, 2.05) is 103 Å². The van der Waals surface area contributed by atoms with E-state index in [9.17, 15) is 13.2 Å². The highest BCUT2D eigenvalue weighted by Crippen LogP contribution is 2.32. The molecule has 7 nitrogen and oxygen atoms in total. The van der Waals surface area contributed by atoms with Gasteiger partial charge in [-0.25, -0.2) is 8.42 Å². The van der Waals surface area contributed by atoms with Crippen LogP contribution < -0.4 is 14.4 Å². The quantitative estimate of drug-likeness (QED) is 0.122. The van der Waals surface area contributed by atoms with E-state index < -0.39 is 10.0 Å². The van der Waals surface area contributed by atoms with Crippen LogP contribution >= 0.6 is 15.9 Å². The number of furan rings is 1. The molecule has 0 saturated carbocycles. The third kappa shape index (κ3) is 7.33. The van der Waals surface area contributed by atoms with Crippen molar-refractivity contribution in [2.24, 2.45) is 0 Å². The van der Waals surface area contributed by atoms with Crippen LogP contribution in [0.2, 0.25) is 0 Å². The Hall–Kier alpha value is -4.44. The molecule has 0 radical (unpaired) electrons. The van der Waals surface area contributed by atoms with E-state index >= 15 is 0 Å². The van der Waals surface area contributed by atoms with Gasteiger partial charge < -0.3 is 14.5 Å². The summed E-state index contributed by atoms with van der Waals surface area (Å²) in [6.45, 7) is 0.619. The number of anilines is 1. The van der Waals surface area contributed by atoms with Crippen LogP contribution in [0.1, 0.15) is 33.9 Å². The lowest BCUT2D eigenvalue weighted by molar-refractivity contribution is 0.0985. The predicted molar refractivity (Wildman–Crippen MR) is 187 cm³/mol. The van der Waals surface area contributed by atoms with Gasteiger partial charge in [-0.2, -0.15) is 0 Å². The van der Waals surface area contributed by atoms with E-state index in [4.69, 9.17) is 9.15 Å². The van der Waals surface area contributed by atoms with Gasteiger partial charge in [-0.15, -0.1) is 0 Å². The molecule has 0 spiro atoms. The van der Waals surface area contributed by atoms with Crippen molar-refractivity contribution in [1.29, 1.82) is 0 Å². The topological polar surface area (TPSA) is 88.9 Å². The molecule has 5 aromatic carbocycles. The minimum atomic E-state index is -3.64. The number of ketones is 1. The van der Waals surface area contributed by atoms with E-state index in [2.05, 4.69) is 21.2 Å². The summed E-state index contributed by atoms with van der Waals surface area (Å²) in [5, 5.41) is 5.52. The first-order valence-electron chi connectivity index (χ1n) is 14.9. The van der Waals surface area contributed by atoms with Gasteiger partial charge in [0.1, 0.15) is 16.9 Å². The fourth-order valence-electron chi connectivity index (χ4n) is 5.49. The summed E-state index contributed by atoms with van der Waals surface area (Å²) in [5.74, 6) is 0.557. The molecule has 1 atom stereocenters. The van der Waals surface area contributed by atoms with E-state index in [1.54, 1.807) is 18.2 Å². The van der Waals surface area contributed by atoms with Crippen molar-refractivity contribution < 1.29 is 22.4 Å². The van der Waals surface area contributed by atoms with E-state index in [0.717, 1.165) is 33.1 Å². The number of carbonyl (C=O) groups is 1.